The summed E-state index contributed by atoms with van der Waals surface area (Å²) in [4.78, 5) is 0. The van der Waals surface area contributed by atoms with E-state index in [4.69, 9.17) is 0 Å². The van der Waals surface area contributed by atoms with Crippen molar-refractivity contribution in [2.75, 3.05) is 0 Å². The second-order valence-corrected chi connectivity index (χ2v) is 69.7. The first-order valence-electron chi connectivity index (χ1n) is 62.9. The third kappa shape index (κ3) is 19.2. The minimum absolute atomic E-state index is 0.328. The van der Waals surface area contributed by atoms with Crippen LogP contribution in [0.1, 0.15) is 697 Å². The monoisotopic (exact) mass is 2670 g/mol. The molecule has 150 heavy (non-hydrogen) atoms. The fourth-order valence-electron chi connectivity index (χ4n) is 40.5. The van der Waals surface area contributed by atoms with Crippen molar-refractivity contribution in [3.63, 3.8) is 0 Å². The van der Waals surface area contributed by atoms with Gasteiger partial charge in [-0.25, -0.2) is 0 Å². The van der Waals surface area contributed by atoms with Gasteiger partial charge in [-0.2, -0.15) is 0 Å². The van der Waals surface area contributed by atoms with E-state index in [1.54, 1.807) is 290 Å². The zero-order chi connectivity index (χ0) is 113. The molecule has 0 atom stereocenters. The van der Waals surface area contributed by atoms with Gasteiger partial charge in [-0.1, -0.05) is 0 Å². The molecule has 0 unspecified atom stereocenters. The van der Waals surface area contributed by atoms with Crippen LogP contribution in [0.15, 0.2) is 36.4 Å². The Balaban J connectivity index is 0.000000150. The van der Waals surface area contributed by atoms with Gasteiger partial charge < -0.3 is 0 Å². The van der Waals surface area contributed by atoms with Gasteiger partial charge in [-0.05, 0) is 0 Å². The van der Waals surface area contributed by atoms with Crippen LogP contribution in [0.25, 0.3) is 0 Å². The normalized spacial score (nSPS) is 24.2. The van der Waals surface area contributed by atoms with Crippen molar-refractivity contribution < 1.29 is 0 Å². The topological polar surface area (TPSA) is 0 Å². The maximum absolute atomic E-state index is 2.72. The molecule has 6 heteroatoms. The van der Waals surface area contributed by atoms with Crippen LogP contribution in [0.5, 0.6) is 0 Å². The van der Waals surface area contributed by atoms with Crippen molar-refractivity contribution >= 4 is 157 Å². The van der Waals surface area contributed by atoms with E-state index < -0.39 is 0 Å². The first-order chi connectivity index (χ1) is 69.2. The molecule has 0 heterocycles. The van der Waals surface area contributed by atoms with E-state index in [1.807, 2.05) is 0 Å². The second kappa shape index (κ2) is 42.9. The van der Waals surface area contributed by atoms with Gasteiger partial charge in [0.2, 0.25) is 0 Å². The Labute approximate surface area is 1010 Å². The van der Waals surface area contributed by atoms with E-state index in [9.17, 15) is 0 Å². The summed E-state index contributed by atoms with van der Waals surface area (Å²) in [6.07, 6.45) is 46.7. The van der Waals surface area contributed by atoms with E-state index in [0.29, 0.717) is 130 Å². The molecule has 18 radical (unpaired) electrons. The Hall–Kier alpha value is 0.112. The predicted octanol–water partition coefficient (Wildman–Crippen LogP) is 35.8. The van der Waals surface area contributed by atoms with Crippen molar-refractivity contribution in [1.29, 1.82) is 0 Å². The van der Waals surface area contributed by atoms with Crippen LogP contribution in [-0.2, 0) is 130 Å². The zero-order valence-corrected chi connectivity index (χ0v) is 124. The van der Waals surface area contributed by atoms with E-state index in [0.717, 1.165) is 0 Å². The van der Waals surface area contributed by atoms with Crippen LogP contribution in [0.4, 0.5) is 0 Å². The molecule has 822 valence electrons. The third-order valence-electron chi connectivity index (χ3n) is 48.5. The number of hydrogen-bond donors (Lipinski definition) is 0. The molecule has 12 aliphatic carbocycles. The van der Waals surface area contributed by atoms with Gasteiger partial charge in [0.05, 0.1) is 0 Å². The number of rotatable bonds is 24. The fourth-order valence-corrected chi connectivity index (χ4v) is 56.7. The quantitative estimate of drug-likeness (QED) is 0.0530. The molecule has 0 spiro atoms. The molecule has 0 saturated heterocycles. The van der Waals surface area contributed by atoms with Gasteiger partial charge in [-0.15, -0.1) is 0 Å². The Kier molecular flexibility index (Phi) is 36.3. The third-order valence-corrected chi connectivity index (χ3v) is 57.1. The standard InChI is InChI=1S/6C24H37.6Sn/c6*1-9-23(10-2)15-21(5,6)17-13-18-20(14-19(17)23)24(11-3,12-4)16-22(18,7)8;;;;;;/h6*14H,9-12,15-16H2,1-8H3;;;;;;. The van der Waals surface area contributed by atoms with E-state index >= 15 is 0 Å². The molecular weight excluding hydrogens is 2440 g/mol. The Bertz CT molecular complexity index is 4710. The fraction of sp³-hybridized carbons (Fsp3) is 0.750. The summed E-state index contributed by atoms with van der Waals surface area (Å²) in [5, 5.41) is 0. The molecule has 0 bridgehead atoms. The van der Waals surface area contributed by atoms with Gasteiger partial charge in [-0.3, -0.25) is 0 Å². The number of fused-ring (bicyclic) bond motifs is 12. The predicted molar refractivity (Wildman–Crippen MR) is 670 cm³/mol. The Morgan fingerprint density at radius 3 is 0.220 bits per heavy atom. The molecular formula is C144H222Sn6. The van der Waals surface area contributed by atoms with Gasteiger partial charge in [0.1, 0.15) is 0 Å². The van der Waals surface area contributed by atoms with Crippen LogP contribution in [0.3, 0.4) is 0 Å². The molecule has 0 saturated carbocycles. The van der Waals surface area contributed by atoms with Gasteiger partial charge in [0.15, 0.2) is 0 Å². The van der Waals surface area contributed by atoms with Crippen molar-refractivity contribution in [3.8, 4) is 0 Å². The van der Waals surface area contributed by atoms with Crippen LogP contribution in [-0.4, -0.2) is 135 Å². The SMILES string of the molecule is CCC1(CC)CC(C)(C)c2c1cc1c([c]2[Sn])C(C)(C)CC1(CC)CC.CCC1(CC)CC(C)(C)c2c1cc1c([c]2[Sn])C(C)(C)CC1(CC)CC.CCC1(CC)CC(C)(C)c2c1cc1c([c]2[Sn])C(C)(C)CC1(CC)CC.CCC1(CC)CC(C)(C)c2c1cc1c([c]2[Sn])C(C)(C)CC1(CC)CC.CCC1(CC)CC(C)(C)c2c1cc1c([c]2[Sn])C(C)(C)CC1(CC)CC.CCC1(CC)CC(C)(C)c2c1cc1c([c]2[Sn])C(C)(C)CC1(CC)CC. The van der Waals surface area contributed by atoms with Crippen LogP contribution in [0.2, 0.25) is 0 Å². The number of benzene rings is 6. The summed E-state index contributed by atoms with van der Waals surface area (Å²) < 4.78 is 10.3. The van der Waals surface area contributed by atoms with E-state index in [2.05, 4.69) is 369 Å². The van der Waals surface area contributed by atoms with Crippen LogP contribution < -0.4 is 21.5 Å². The first kappa shape index (κ1) is 127. The second-order valence-electron chi connectivity index (χ2n) is 61.2. The first-order valence-corrected chi connectivity index (χ1v) is 71.5. The molecule has 0 aromatic heterocycles. The molecule has 6 aromatic carbocycles. The summed E-state index contributed by atoms with van der Waals surface area (Å²) in [5.41, 5.74) is 50.4. The molecule has 0 N–H and O–H groups in total. The molecule has 18 rings (SSSR count). The van der Waals surface area contributed by atoms with E-state index in [1.165, 1.54) is 231 Å². The van der Waals surface area contributed by atoms with Crippen molar-refractivity contribution in [1.82, 2.24) is 0 Å². The Morgan fingerprint density at radius 1 is 0.120 bits per heavy atom. The molecule has 0 aliphatic heterocycles. The molecule has 6 aromatic rings. The summed E-state index contributed by atoms with van der Waals surface area (Å²) in [6.45, 7) is 118. The number of hydrogen-bond acceptors (Lipinski definition) is 0. The maximum atomic E-state index is 2.72. The average Bonchev–Trinajstić information content (AvgIpc) is 1.55. The molecule has 0 amide bonds. The average molecular weight is 2670 g/mol. The van der Waals surface area contributed by atoms with Crippen LogP contribution in [0, 0.1) is 0 Å². The Morgan fingerprint density at radius 2 is 0.173 bits per heavy atom. The van der Waals surface area contributed by atoms with Gasteiger partial charge in [0.25, 0.3) is 0 Å². The molecule has 0 fully saturated rings. The summed E-state index contributed by atoms with van der Waals surface area (Å²) in [5.74, 6) is 0. The molecule has 12 aliphatic rings. The van der Waals surface area contributed by atoms with Crippen molar-refractivity contribution in [2.24, 2.45) is 0 Å². The minimum atomic E-state index is 0.328. The summed E-state index contributed by atoms with van der Waals surface area (Å²) in [7, 11) is 0. The van der Waals surface area contributed by atoms with E-state index in [-0.39, 0.29) is 0 Å². The van der Waals surface area contributed by atoms with Crippen LogP contribution >= 0.6 is 0 Å². The van der Waals surface area contributed by atoms with Gasteiger partial charge in [0, 0.05) is 0 Å². The zero-order valence-electron chi connectivity index (χ0n) is 107. The van der Waals surface area contributed by atoms with Gasteiger partial charge >= 0.3 is 1020 Å². The molecule has 0 nitrogen and oxygen atoms in total. The van der Waals surface area contributed by atoms with Crippen molar-refractivity contribution in [3.05, 3.63) is 170 Å². The summed E-state index contributed by atoms with van der Waals surface area (Å²) in [6, 6.07) is 16.3. The van der Waals surface area contributed by atoms with Crippen molar-refractivity contribution in [2.45, 2.75) is 693 Å². The summed E-state index contributed by atoms with van der Waals surface area (Å²) >= 11 is 9.78.